The molecule has 0 saturated heterocycles. The topological polar surface area (TPSA) is 92.8 Å². The minimum atomic E-state index is -0.382. The van der Waals surface area contributed by atoms with Crippen LogP contribution in [0, 0.1) is 5.92 Å². The van der Waals surface area contributed by atoms with Crippen LogP contribution in [0.4, 0.5) is 0 Å². The van der Waals surface area contributed by atoms with Crippen molar-refractivity contribution in [3.05, 3.63) is 126 Å². The quantitative estimate of drug-likeness (QED) is 0.190. The van der Waals surface area contributed by atoms with Gasteiger partial charge in [-0.1, -0.05) is 130 Å². The third-order valence-electron chi connectivity index (χ3n) is 6.70. The lowest BCUT2D eigenvalue weighted by molar-refractivity contribution is -0.148. The minimum absolute atomic E-state index is 0.106. The van der Waals surface area contributed by atoms with E-state index < -0.39 is 0 Å². The molecule has 1 atom stereocenters. The van der Waals surface area contributed by atoms with Gasteiger partial charge >= 0.3 is 5.97 Å². The minimum Gasteiger partial charge on any atom is -0.460 e. The molecule has 210 valence electrons. The van der Waals surface area contributed by atoms with Gasteiger partial charge in [0.15, 0.2) is 0 Å². The zero-order valence-electron chi connectivity index (χ0n) is 23.8. The summed E-state index contributed by atoms with van der Waals surface area (Å²) in [5.41, 5.74) is 6.47. The number of ether oxygens (including phenoxy) is 1. The van der Waals surface area contributed by atoms with Gasteiger partial charge in [0.25, 0.3) is 0 Å². The number of aromatic nitrogens is 4. The van der Waals surface area contributed by atoms with E-state index in [1.807, 2.05) is 74.5 Å². The van der Waals surface area contributed by atoms with Gasteiger partial charge in [0.1, 0.15) is 12.6 Å². The largest absolute Gasteiger partial charge is 0.460 e. The Hall–Kier alpha value is -4.62. The van der Waals surface area contributed by atoms with Gasteiger partial charge in [0, 0.05) is 12.1 Å². The molecule has 1 heterocycles. The summed E-state index contributed by atoms with van der Waals surface area (Å²) in [4.78, 5) is 12.7. The van der Waals surface area contributed by atoms with Crippen molar-refractivity contribution in [1.82, 2.24) is 25.9 Å². The number of nitrogens with one attached hydrogen (secondary N) is 2. The van der Waals surface area contributed by atoms with Gasteiger partial charge in [-0.05, 0) is 45.4 Å². The number of esters is 1. The first kappa shape index (κ1) is 29.4. The molecule has 7 nitrogen and oxygen atoms in total. The molecule has 0 fully saturated rings. The van der Waals surface area contributed by atoms with Crippen molar-refractivity contribution in [2.75, 3.05) is 0 Å². The third-order valence-corrected chi connectivity index (χ3v) is 6.70. The van der Waals surface area contributed by atoms with Crippen molar-refractivity contribution >= 4 is 5.97 Å². The van der Waals surface area contributed by atoms with E-state index in [4.69, 9.17) is 4.74 Å². The number of carbonyl (C=O) groups excluding carboxylic acids is 1. The average Bonchev–Trinajstić information content (AvgIpc) is 3.57. The van der Waals surface area contributed by atoms with Gasteiger partial charge < -0.3 is 10.1 Å². The van der Waals surface area contributed by atoms with Crippen LogP contribution in [0.5, 0.6) is 0 Å². The van der Waals surface area contributed by atoms with E-state index in [-0.39, 0.29) is 24.5 Å². The predicted octanol–water partition coefficient (Wildman–Crippen LogP) is 6.64. The molecular formula is C34H37N5O2. The Balaban J connectivity index is 0.000000417. The number of carbonyl (C=O) groups is 1. The molecular weight excluding hydrogens is 510 g/mol. The first-order chi connectivity index (χ1) is 20.0. The van der Waals surface area contributed by atoms with E-state index in [0.717, 1.165) is 34.2 Å². The molecule has 0 saturated carbocycles. The molecule has 1 aromatic heterocycles. The zero-order valence-corrected chi connectivity index (χ0v) is 23.8. The number of rotatable bonds is 10. The Labute approximate surface area is 242 Å². The van der Waals surface area contributed by atoms with E-state index in [9.17, 15) is 4.79 Å². The van der Waals surface area contributed by atoms with Crippen LogP contribution < -0.4 is 5.32 Å². The summed E-state index contributed by atoms with van der Waals surface area (Å²) in [7, 11) is 0. The summed E-state index contributed by atoms with van der Waals surface area (Å²) in [5, 5.41) is 17.7. The number of aromatic amines is 1. The monoisotopic (exact) mass is 547 g/mol. The molecule has 2 N–H and O–H groups in total. The summed E-state index contributed by atoms with van der Waals surface area (Å²) in [6.45, 7) is 7.03. The summed E-state index contributed by atoms with van der Waals surface area (Å²) >= 11 is 0. The van der Waals surface area contributed by atoms with Crippen molar-refractivity contribution in [2.24, 2.45) is 5.92 Å². The van der Waals surface area contributed by atoms with Crippen molar-refractivity contribution in [1.29, 1.82) is 0 Å². The first-order valence-electron chi connectivity index (χ1n) is 13.9. The molecule has 4 aromatic carbocycles. The highest BCUT2D eigenvalue weighted by atomic mass is 16.5. The Morgan fingerprint density at radius 1 is 0.780 bits per heavy atom. The highest BCUT2D eigenvalue weighted by Gasteiger charge is 2.23. The maximum atomic E-state index is 12.7. The van der Waals surface area contributed by atoms with Crippen molar-refractivity contribution in [3.8, 4) is 22.5 Å². The highest BCUT2D eigenvalue weighted by molar-refractivity contribution is 5.80. The molecule has 0 spiro atoms. The van der Waals surface area contributed by atoms with Gasteiger partial charge in [0.2, 0.25) is 5.82 Å². The van der Waals surface area contributed by atoms with Gasteiger partial charge in [-0.15, -0.1) is 10.2 Å². The van der Waals surface area contributed by atoms with Crippen LogP contribution in [0.25, 0.3) is 22.5 Å². The average molecular weight is 548 g/mol. The Bertz CT molecular complexity index is 1450. The van der Waals surface area contributed by atoms with E-state index in [2.05, 4.69) is 81.4 Å². The van der Waals surface area contributed by atoms with E-state index in [1.165, 1.54) is 5.56 Å². The Kier molecular flexibility index (Phi) is 10.9. The molecule has 0 aliphatic heterocycles. The summed E-state index contributed by atoms with van der Waals surface area (Å²) < 4.78 is 5.54. The molecule has 5 aromatic rings. The van der Waals surface area contributed by atoms with Crippen LogP contribution >= 0.6 is 0 Å². The van der Waals surface area contributed by atoms with E-state index in [1.54, 1.807) is 0 Å². The van der Waals surface area contributed by atoms with E-state index in [0.29, 0.717) is 12.4 Å². The highest BCUT2D eigenvalue weighted by Crippen LogP contribution is 2.29. The fourth-order valence-electron chi connectivity index (χ4n) is 4.36. The van der Waals surface area contributed by atoms with Crippen LogP contribution in [0.3, 0.4) is 0 Å². The maximum absolute atomic E-state index is 12.7. The molecule has 0 bridgehead atoms. The second-order valence-electron chi connectivity index (χ2n) is 10.0. The lowest BCUT2D eigenvalue weighted by Gasteiger charge is -2.21. The lowest BCUT2D eigenvalue weighted by atomic mass is 9.98. The first-order valence-corrected chi connectivity index (χ1v) is 13.9. The second kappa shape index (κ2) is 15.2. The molecule has 0 unspecified atom stereocenters. The summed E-state index contributed by atoms with van der Waals surface area (Å²) in [6, 6.07) is 36.0. The smallest absolute Gasteiger partial charge is 0.323 e. The number of tetrazole rings is 1. The number of nitrogens with zero attached hydrogens (tertiary/aromatic N) is 3. The van der Waals surface area contributed by atoms with Gasteiger partial charge in [0.05, 0.1) is 0 Å². The van der Waals surface area contributed by atoms with Crippen LogP contribution in [0.15, 0.2) is 109 Å². The van der Waals surface area contributed by atoms with Crippen LogP contribution in [-0.4, -0.2) is 32.6 Å². The number of hydrogen-bond acceptors (Lipinski definition) is 6. The van der Waals surface area contributed by atoms with Crippen LogP contribution in [-0.2, 0) is 29.1 Å². The maximum Gasteiger partial charge on any atom is 0.323 e. The van der Waals surface area contributed by atoms with Crippen molar-refractivity contribution < 1.29 is 9.53 Å². The molecule has 5 rings (SSSR count). The molecule has 0 radical (unpaired) electrons. The molecule has 0 aliphatic rings. The fourth-order valence-corrected chi connectivity index (χ4v) is 4.36. The number of hydrogen-bond donors (Lipinski definition) is 2. The molecule has 0 aliphatic carbocycles. The molecule has 41 heavy (non-hydrogen) atoms. The second-order valence-corrected chi connectivity index (χ2v) is 10.0. The third kappa shape index (κ3) is 8.68. The zero-order chi connectivity index (χ0) is 28.9. The van der Waals surface area contributed by atoms with Crippen molar-refractivity contribution in [3.63, 3.8) is 0 Å². The lowest BCUT2D eigenvalue weighted by Crippen LogP contribution is -2.41. The number of benzene rings is 4. The van der Waals surface area contributed by atoms with Crippen LogP contribution in [0.1, 0.15) is 37.5 Å². The number of aryl methyl sites for hydroxylation is 1. The van der Waals surface area contributed by atoms with Gasteiger partial charge in [-0.2, -0.15) is 5.21 Å². The summed E-state index contributed by atoms with van der Waals surface area (Å²) in [5.74, 6) is 0.430. The standard InChI is InChI=1S/C26H27N5O2.C8H10/c1-18(2)24(26(32)33-17-20-8-4-3-5-9-20)27-16-19-12-14-21(15-13-19)22-10-6-7-11-23(22)25-28-30-31-29-25;1-2-8-6-4-3-5-7-8/h3-15,18,24,27H,16-17H2,1-2H3,(H,28,29,30,31);3-7H,2H2,1H3/t24-;/m0./s1. The Morgan fingerprint density at radius 2 is 1.39 bits per heavy atom. The fraction of sp³-hybridized carbons (Fsp3) is 0.235. The Morgan fingerprint density at radius 3 is 1.95 bits per heavy atom. The van der Waals surface area contributed by atoms with Gasteiger partial charge in [-0.25, -0.2) is 0 Å². The molecule has 0 amide bonds. The van der Waals surface area contributed by atoms with Crippen LogP contribution in [0.2, 0.25) is 0 Å². The van der Waals surface area contributed by atoms with Gasteiger partial charge in [-0.3, -0.25) is 4.79 Å². The normalized spacial score (nSPS) is 11.4. The predicted molar refractivity (Wildman–Crippen MR) is 163 cm³/mol. The molecule has 7 heteroatoms. The SMILES string of the molecule is CC(C)[C@H](NCc1ccc(-c2ccccc2-c2nn[nH]n2)cc1)C(=O)OCc1ccccc1.CCc1ccccc1. The summed E-state index contributed by atoms with van der Waals surface area (Å²) in [6.07, 6.45) is 1.14. The van der Waals surface area contributed by atoms with Crippen molar-refractivity contribution in [2.45, 2.75) is 46.4 Å². The van der Waals surface area contributed by atoms with E-state index >= 15 is 0 Å². The number of H-pyrrole nitrogens is 1.